The fourth-order valence-corrected chi connectivity index (χ4v) is 1.95. The molecule has 0 saturated carbocycles. The molecule has 0 aromatic carbocycles. The maximum atomic E-state index is 5.67. The van der Waals surface area contributed by atoms with E-state index in [1.54, 1.807) is 11.3 Å². The van der Waals surface area contributed by atoms with Crippen LogP contribution in [0.15, 0.2) is 11.6 Å². The standard InChI is InChI=1S/C10H19N3S/c1-8(11)4-3-5-12-9(2)10-13-6-7-14-10/h6-9,12H,3-5,11H2,1-2H3. The maximum absolute atomic E-state index is 5.67. The van der Waals surface area contributed by atoms with Crippen LogP contribution in [0.5, 0.6) is 0 Å². The number of thiazole rings is 1. The Balaban J connectivity index is 2.13. The minimum atomic E-state index is 0.312. The van der Waals surface area contributed by atoms with Gasteiger partial charge in [0.15, 0.2) is 0 Å². The molecule has 14 heavy (non-hydrogen) atoms. The monoisotopic (exact) mass is 213 g/mol. The summed E-state index contributed by atoms with van der Waals surface area (Å²) in [7, 11) is 0. The van der Waals surface area contributed by atoms with Gasteiger partial charge < -0.3 is 11.1 Å². The SMILES string of the molecule is CC(N)CCCNC(C)c1nccs1. The Labute approximate surface area is 89.7 Å². The number of nitrogens with zero attached hydrogens (tertiary/aromatic N) is 1. The summed E-state index contributed by atoms with van der Waals surface area (Å²) >= 11 is 1.70. The average Bonchev–Trinajstić information content (AvgIpc) is 2.64. The second-order valence-corrected chi connectivity index (χ2v) is 4.59. The van der Waals surface area contributed by atoms with Crippen LogP contribution in [0.4, 0.5) is 0 Å². The van der Waals surface area contributed by atoms with Gasteiger partial charge in [-0.3, -0.25) is 0 Å². The van der Waals surface area contributed by atoms with Gasteiger partial charge >= 0.3 is 0 Å². The lowest BCUT2D eigenvalue weighted by Gasteiger charge is -2.11. The molecule has 1 rings (SSSR count). The first kappa shape index (κ1) is 11.6. The highest BCUT2D eigenvalue weighted by atomic mass is 32.1. The van der Waals surface area contributed by atoms with Gasteiger partial charge in [0.05, 0.1) is 6.04 Å². The van der Waals surface area contributed by atoms with Crippen LogP contribution < -0.4 is 11.1 Å². The molecule has 1 heterocycles. The summed E-state index contributed by atoms with van der Waals surface area (Å²) in [4.78, 5) is 4.26. The summed E-state index contributed by atoms with van der Waals surface area (Å²) < 4.78 is 0. The highest BCUT2D eigenvalue weighted by molar-refractivity contribution is 7.09. The number of nitrogens with two attached hydrogens (primary N) is 1. The summed E-state index contributed by atoms with van der Waals surface area (Å²) in [5.41, 5.74) is 5.67. The fourth-order valence-electron chi connectivity index (χ4n) is 1.28. The van der Waals surface area contributed by atoms with Crippen LogP contribution in [0, 0.1) is 0 Å². The zero-order valence-electron chi connectivity index (χ0n) is 8.86. The Morgan fingerprint density at radius 1 is 1.57 bits per heavy atom. The highest BCUT2D eigenvalue weighted by Gasteiger charge is 2.06. The van der Waals surface area contributed by atoms with Crippen molar-refractivity contribution < 1.29 is 0 Å². The van der Waals surface area contributed by atoms with Crippen LogP contribution in [0.3, 0.4) is 0 Å². The van der Waals surface area contributed by atoms with Crippen molar-refractivity contribution in [1.82, 2.24) is 10.3 Å². The molecule has 0 aliphatic carbocycles. The molecule has 0 aliphatic rings. The van der Waals surface area contributed by atoms with Crippen LogP contribution >= 0.6 is 11.3 Å². The predicted octanol–water partition coefficient (Wildman–Crippen LogP) is 1.92. The minimum Gasteiger partial charge on any atom is -0.328 e. The molecule has 0 spiro atoms. The molecule has 1 aromatic heterocycles. The van der Waals surface area contributed by atoms with Gasteiger partial charge in [0.2, 0.25) is 0 Å². The largest absolute Gasteiger partial charge is 0.328 e. The fraction of sp³-hybridized carbons (Fsp3) is 0.700. The Kier molecular flexibility index (Phi) is 5.07. The molecule has 1 aromatic rings. The molecule has 3 nitrogen and oxygen atoms in total. The third kappa shape index (κ3) is 4.17. The number of hydrogen-bond donors (Lipinski definition) is 2. The third-order valence-corrected chi connectivity index (χ3v) is 3.07. The van der Waals surface area contributed by atoms with Crippen LogP contribution in [-0.2, 0) is 0 Å². The van der Waals surface area contributed by atoms with Crippen LogP contribution in [0.1, 0.15) is 37.7 Å². The molecule has 4 heteroatoms. The number of aromatic nitrogens is 1. The third-order valence-electron chi connectivity index (χ3n) is 2.11. The van der Waals surface area contributed by atoms with Gasteiger partial charge in [0, 0.05) is 17.6 Å². The molecule has 0 bridgehead atoms. The van der Waals surface area contributed by atoms with Crippen molar-refractivity contribution in [2.24, 2.45) is 5.73 Å². The van der Waals surface area contributed by atoms with Crippen molar-refractivity contribution in [2.45, 2.75) is 38.8 Å². The maximum Gasteiger partial charge on any atom is 0.109 e. The summed E-state index contributed by atoms with van der Waals surface area (Å²) in [5.74, 6) is 0. The van der Waals surface area contributed by atoms with Gasteiger partial charge in [-0.2, -0.15) is 0 Å². The van der Waals surface area contributed by atoms with E-state index in [9.17, 15) is 0 Å². The first-order chi connectivity index (χ1) is 6.70. The quantitative estimate of drug-likeness (QED) is 0.710. The van der Waals surface area contributed by atoms with Crippen LogP contribution in [0.25, 0.3) is 0 Å². The highest BCUT2D eigenvalue weighted by Crippen LogP contribution is 2.14. The van der Waals surface area contributed by atoms with Crippen molar-refractivity contribution in [3.05, 3.63) is 16.6 Å². The van der Waals surface area contributed by atoms with E-state index in [4.69, 9.17) is 5.73 Å². The van der Waals surface area contributed by atoms with Crippen molar-refractivity contribution in [3.63, 3.8) is 0 Å². The lowest BCUT2D eigenvalue weighted by atomic mass is 10.2. The second-order valence-electron chi connectivity index (χ2n) is 3.67. The minimum absolute atomic E-state index is 0.312. The first-order valence-electron chi connectivity index (χ1n) is 5.08. The molecular formula is C10H19N3S. The average molecular weight is 213 g/mol. The Morgan fingerprint density at radius 2 is 2.36 bits per heavy atom. The van der Waals surface area contributed by atoms with E-state index in [-0.39, 0.29) is 0 Å². The number of rotatable bonds is 6. The van der Waals surface area contributed by atoms with E-state index < -0.39 is 0 Å². The Morgan fingerprint density at radius 3 is 2.93 bits per heavy atom. The van der Waals surface area contributed by atoms with Crippen molar-refractivity contribution in [1.29, 1.82) is 0 Å². The summed E-state index contributed by atoms with van der Waals surface area (Å²) in [6.45, 7) is 5.21. The van der Waals surface area contributed by atoms with Crippen molar-refractivity contribution in [2.75, 3.05) is 6.54 Å². The zero-order chi connectivity index (χ0) is 10.4. The molecule has 0 saturated heterocycles. The van der Waals surface area contributed by atoms with Gasteiger partial charge in [0.1, 0.15) is 5.01 Å². The Bertz CT molecular complexity index is 234. The molecule has 0 aliphatic heterocycles. The number of hydrogen-bond acceptors (Lipinski definition) is 4. The van der Waals surface area contributed by atoms with Crippen LogP contribution in [-0.4, -0.2) is 17.6 Å². The molecule has 2 atom stereocenters. The van der Waals surface area contributed by atoms with Gasteiger partial charge in [0.25, 0.3) is 0 Å². The van der Waals surface area contributed by atoms with Gasteiger partial charge in [-0.25, -0.2) is 4.98 Å². The predicted molar refractivity (Wildman–Crippen MR) is 61.4 cm³/mol. The molecule has 0 fully saturated rings. The normalized spacial score (nSPS) is 15.4. The van der Waals surface area contributed by atoms with Crippen molar-refractivity contribution >= 4 is 11.3 Å². The van der Waals surface area contributed by atoms with E-state index in [1.807, 2.05) is 18.5 Å². The van der Waals surface area contributed by atoms with E-state index in [0.717, 1.165) is 24.4 Å². The van der Waals surface area contributed by atoms with Gasteiger partial charge in [-0.05, 0) is 33.2 Å². The van der Waals surface area contributed by atoms with Gasteiger partial charge in [-0.15, -0.1) is 11.3 Å². The van der Waals surface area contributed by atoms with E-state index in [2.05, 4.69) is 17.2 Å². The Hall–Kier alpha value is -0.450. The zero-order valence-corrected chi connectivity index (χ0v) is 9.68. The van der Waals surface area contributed by atoms with Gasteiger partial charge in [-0.1, -0.05) is 0 Å². The summed E-state index contributed by atoms with van der Waals surface area (Å²) in [6, 6.07) is 0.676. The van der Waals surface area contributed by atoms with E-state index in [1.165, 1.54) is 0 Å². The summed E-state index contributed by atoms with van der Waals surface area (Å²) in [6.07, 6.45) is 4.06. The molecule has 0 amide bonds. The van der Waals surface area contributed by atoms with Crippen molar-refractivity contribution in [3.8, 4) is 0 Å². The second kappa shape index (κ2) is 6.11. The van der Waals surface area contributed by atoms with E-state index in [0.29, 0.717) is 12.1 Å². The lowest BCUT2D eigenvalue weighted by Crippen LogP contribution is -2.22. The molecule has 80 valence electrons. The summed E-state index contributed by atoms with van der Waals surface area (Å²) in [5, 5.41) is 6.60. The lowest BCUT2D eigenvalue weighted by molar-refractivity contribution is 0.524. The van der Waals surface area contributed by atoms with E-state index >= 15 is 0 Å². The topological polar surface area (TPSA) is 50.9 Å². The molecule has 2 unspecified atom stereocenters. The number of nitrogens with one attached hydrogen (secondary N) is 1. The molecular weight excluding hydrogens is 194 g/mol. The smallest absolute Gasteiger partial charge is 0.109 e. The first-order valence-corrected chi connectivity index (χ1v) is 5.96. The molecule has 0 radical (unpaired) electrons. The molecule has 3 N–H and O–H groups in total. The van der Waals surface area contributed by atoms with Crippen LogP contribution in [0.2, 0.25) is 0 Å².